The quantitative estimate of drug-likeness (QED) is 0.434. The lowest BCUT2D eigenvalue weighted by Gasteiger charge is -2.17. The van der Waals surface area contributed by atoms with Gasteiger partial charge in [-0.1, -0.05) is 6.07 Å². The van der Waals surface area contributed by atoms with Crippen LogP contribution in [0.5, 0.6) is 0 Å². The summed E-state index contributed by atoms with van der Waals surface area (Å²) in [5.41, 5.74) is 12.1. The maximum atomic E-state index is 13.4. The Kier molecular flexibility index (Phi) is 6.65. The largest absolute Gasteiger partial charge is 0.421 e. The molecule has 160 valence electrons. The van der Waals surface area contributed by atoms with Crippen LogP contribution in [0, 0.1) is 12.3 Å². The van der Waals surface area contributed by atoms with Gasteiger partial charge in [0, 0.05) is 41.0 Å². The third kappa shape index (κ3) is 5.46. The zero-order valence-electron chi connectivity index (χ0n) is 16.6. The number of carbonyl (C=O) groups is 1. The van der Waals surface area contributed by atoms with E-state index in [0.29, 0.717) is 28.7 Å². The Bertz CT molecular complexity index is 1010. The zero-order valence-corrected chi connectivity index (χ0v) is 16.6. The number of benzene rings is 1. The topological polar surface area (TPSA) is 143 Å². The monoisotopic (exact) mass is 421 g/mol. The lowest BCUT2D eigenvalue weighted by Crippen LogP contribution is -2.19. The Morgan fingerprint density at radius 2 is 1.90 bits per heavy atom. The zero-order chi connectivity index (χ0) is 22.6. The van der Waals surface area contributed by atoms with Crippen molar-refractivity contribution in [3.63, 3.8) is 0 Å². The number of nitrogens with two attached hydrogens (primary N) is 2. The smallest absolute Gasteiger partial charge is 0.402 e. The molecule has 2 aromatic rings. The Labute approximate surface area is 171 Å². The summed E-state index contributed by atoms with van der Waals surface area (Å²) in [6.07, 6.45) is -4.04. The van der Waals surface area contributed by atoms with Crippen LogP contribution >= 0.6 is 0 Å². The fourth-order valence-electron chi connectivity index (χ4n) is 2.55. The molecule has 0 unspecified atom stereocenters. The number of hydrogen-bond acceptors (Lipinski definition) is 7. The standard InChI is InChI=1S/C19H22F3N7O/c1-9-4-5-12(16(25)30)6-15(9)28-18-27-8-14(19(20,21)22)17(29-18)26-7-13(10(2)23)11(3)24/h4-6,8,23H,7,24H2,1-3H3,(H2,25,30)(H2,26,27,28,29)/b13-11-,23-10?. The van der Waals surface area contributed by atoms with E-state index in [1.165, 1.54) is 19.1 Å². The van der Waals surface area contributed by atoms with Crippen LogP contribution in [0.3, 0.4) is 0 Å². The third-order valence-electron chi connectivity index (χ3n) is 4.22. The molecule has 1 aromatic heterocycles. The first-order chi connectivity index (χ1) is 13.9. The van der Waals surface area contributed by atoms with Gasteiger partial charge in [-0.3, -0.25) is 4.79 Å². The second-order valence-electron chi connectivity index (χ2n) is 6.61. The van der Waals surface area contributed by atoms with Gasteiger partial charge in [0.15, 0.2) is 0 Å². The van der Waals surface area contributed by atoms with Gasteiger partial charge in [0.25, 0.3) is 0 Å². The van der Waals surface area contributed by atoms with Gasteiger partial charge >= 0.3 is 6.18 Å². The second kappa shape index (κ2) is 8.80. The SMILES string of the molecule is CC(=N)/C(CNc1nc(Nc2cc(C(N)=O)ccc2C)ncc1C(F)(F)F)=C(/C)N. The first-order valence-corrected chi connectivity index (χ1v) is 8.76. The number of alkyl halides is 3. The van der Waals surface area contributed by atoms with E-state index in [9.17, 15) is 18.0 Å². The number of allylic oxidation sites excluding steroid dienone is 1. The Balaban J connectivity index is 2.41. The third-order valence-corrected chi connectivity index (χ3v) is 4.22. The molecule has 11 heteroatoms. The first kappa shape index (κ1) is 22.7. The predicted octanol–water partition coefficient (Wildman–Crippen LogP) is 3.33. The molecule has 1 aromatic carbocycles. The van der Waals surface area contributed by atoms with Crippen molar-refractivity contribution >= 4 is 29.1 Å². The van der Waals surface area contributed by atoms with Gasteiger partial charge in [0.2, 0.25) is 11.9 Å². The van der Waals surface area contributed by atoms with E-state index in [0.717, 1.165) is 0 Å². The molecule has 2 rings (SSSR count). The molecule has 0 fully saturated rings. The Hall–Kier alpha value is -3.63. The minimum Gasteiger partial charge on any atom is -0.402 e. The van der Waals surface area contributed by atoms with E-state index in [1.807, 2.05) is 0 Å². The van der Waals surface area contributed by atoms with Crippen LogP contribution in [-0.2, 0) is 6.18 Å². The van der Waals surface area contributed by atoms with Crippen LogP contribution in [-0.4, -0.2) is 28.1 Å². The average molecular weight is 421 g/mol. The van der Waals surface area contributed by atoms with Gasteiger partial charge in [-0.15, -0.1) is 0 Å². The van der Waals surface area contributed by atoms with Crippen molar-refractivity contribution in [3.8, 4) is 0 Å². The highest BCUT2D eigenvalue weighted by molar-refractivity contribution is 5.97. The fraction of sp³-hybridized carbons (Fsp3) is 0.263. The molecule has 1 heterocycles. The Morgan fingerprint density at radius 1 is 1.23 bits per heavy atom. The van der Waals surface area contributed by atoms with Crippen molar-refractivity contribution in [3.05, 3.63) is 52.4 Å². The molecule has 0 radical (unpaired) electrons. The molecule has 1 amide bonds. The minimum atomic E-state index is -4.69. The number of primary amides is 1. The number of carbonyl (C=O) groups excluding carboxylic acids is 1. The fourth-order valence-corrected chi connectivity index (χ4v) is 2.55. The molecule has 0 saturated heterocycles. The van der Waals surface area contributed by atoms with Crippen LogP contribution in [0.4, 0.5) is 30.6 Å². The average Bonchev–Trinajstić information content (AvgIpc) is 2.62. The molecule has 0 aliphatic rings. The number of amides is 1. The van der Waals surface area contributed by atoms with Gasteiger partial charge in [0.05, 0.1) is 0 Å². The van der Waals surface area contributed by atoms with Gasteiger partial charge in [0.1, 0.15) is 11.4 Å². The van der Waals surface area contributed by atoms with Crippen molar-refractivity contribution in [1.29, 1.82) is 5.41 Å². The predicted molar refractivity (Wildman–Crippen MR) is 109 cm³/mol. The minimum absolute atomic E-state index is 0.114. The highest BCUT2D eigenvalue weighted by Crippen LogP contribution is 2.34. The highest BCUT2D eigenvalue weighted by Gasteiger charge is 2.35. The van der Waals surface area contributed by atoms with E-state index in [1.54, 1.807) is 19.9 Å². The molecule has 0 atom stereocenters. The summed E-state index contributed by atoms with van der Waals surface area (Å²) in [5.74, 6) is -1.23. The van der Waals surface area contributed by atoms with Crippen LogP contribution in [0.25, 0.3) is 0 Å². The van der Waals surface area contributed by atoms with Gasteiger partial charge < -0.3 is 27.5 Å². The number of aromatic nitrogens is 2. The number of nitrogens with zero attached hydrogens (tertiary/aromatic N) is 2. The molecular weight excluding hydrogens is 399 g/mol. The summed E-state index contributed by atoms with van der Waals surface area (Å²) in [5, 5.41) is 13.1. The molecule has 0 aliphatic heterocycles. The summed E-state index contributed by atoms with van der Waals surface area (Å²) >= 11 is 0. The Morgan fingerprint density at radius 3 is 2.43 bits per heavy atom. The van der Waals surface area contributed by atoms with Crippen LogP contribution in [0.2, 0.25) is 0 Å². The summed E-state index contributed by atoms with van der Waals surface area (Å²) < 4.78 is 40.2. The molecule has 0 bridgehead atoms. The van der Waals surface area contributed by atoms with E-state index >= 15 is 0 Å². The first-order valence-electron chi connectivity index (χ1n) is 8.76. The molecule has 30 heavy (non-hydrogen) atoms. The number of halogens is 3. The summed E-state index contributed by atoms with van der Waals surface area (Å²) in [6, 6.07) is 4.63. The van der Waals surface area contributed by atoms with Crippen LogP contribution in [0.15, 0.2) is 35.7 Å². The van der Waals surface area contributed by atoms with Crippen molar-refractivity contribution < 1.29 is 18.0 Å². The van der Waals surface area contributed by atoms with E-state index in [4.69, 9.17) is 16.9 Å². The maximum absolute atomic E-state index is 13.4. The van der Waals surface area contributed by atoms with Crippen molar-refractivity contribution in [2.45, 2.75) is 26.9 Å². The molecule has 7 N–H and O–H groups in total. The molecule has 0 saturated carbocycles. The van der Waals surface area contributed by atoms with E-state index in [-0.39, 0.29) is 23.8 Å². The summed E-state index contributed by atoms with van der Waals surface area (Å²) in [4.78, 5) is 19.1. The van der Waals surface area contributed by atoms with Gasteiger partial charge in [-0.05, 0) is 38.5 Å². The highest BCUT2D eigenvalue weighted by atomic mass is 19.4. The van der Waals surface area contributed by atoms with Crippen LogP contribution in [0.1, 0.15) is 35.3 Å². The normalized spacial score (nSPS) is 12.2. The van der Waals surface area contributed by atoms with Crippen molar-refractivity contribution in [2.75, 3.05) is 17.2 Å². The van der Waals surface area contributed by atoms with Crippen molar-refractivity contribution in [2.24, 2.45) is 11.5 Å². The lowest BCUT2D eigenvalue weighted by atomic mass is 10.1. The van der Waals surface area contributed by atoms with E-state index < -0.39 is 23.5 Å². The molecule has 0 spiro atoms. The number of hydrogen-bond donors (Lipinski definition) is 5. The lowest BCUT2D eigenvalue weighted by molar-refractivity contribution is -0.137. The number of rotatable bonds is 7. The maximum Gasteiger partial charge on any atom is 0.421 e. The van der Waals surface area contributed by atoms with Gasteiger partial charge in [-0.25, -0.2) is 4.98 Å². The van der Waals surface area contributed by atoms with Gasteiger partial charge in [-0.2, -0.15) is 18.2 Å². The van der Waals surface area contributed by atoms with Crippen molar-refractivity contribution in [1.82, 2.24) is 9.97 Å². The second-order valence-corrected chi connectivity index (χ2v) is 6.61. The number of anilines is 3. The summed E-state index contributed by atoms with van der Waals surface area (Å²) in [7, 11) is 0. The molecule has 0 aliphatic carbocycles. The van der Waals surface area contributed by atoms with E-state index in [2.05, 4.69) is 20.6 Å². The molecular formula is C19H22F3N7O. The summed E-state index contributed by atoms with van der Waals surface area (Å²) in [6.45, 7) is 4.67. The molecule has 8 nitrogen and oxygen atoms in total. The number of aryl methyl sites for hydroxylation is 1. The number of nitrogens with one attached hydrogen (secondary N) is 3. The van der Waals surface area contributed by atoms with Crippen LogP contribution < -0.4 is 22.1 Å².